The molecule has 5 nitrogen and oxygen atoms in total. The lowest BCUT2D eigenvalue weighted by atomic mass is 9.88. The van der Waals surface area contributed by atoms with Gasteiger partial charge in [-0.2, -0.15) is 0 Å². The van der Waals surface area contributed by atoms with Gasteiger partial charge in [-0.15, -0.1) is 6.58 Å². The predicted octanol–water partition coefficient (Wildman–Crippen LogP) is 3.49. The normalized spacial score (nSPS) is 11.3. The van der Waals surface area contributed by atoms with Gasteiger partial charge in [0.25, 0.3) is 0 Å². The van der Waals surface area contributed by atoms with Crippen molar-refractivity contribution in [2.75, 3.05) is 27.9 Å². The number of methoxy groups -OCH3 is 3. The van der Waals surface area contributed by atoms with Gasteiger partial charge in [-0.05, 0) is 31.0 Å². The molecule has 1 aromatic carbocycles. The van der Waals surface area contributed by atoms with E-state index >= 15 is 0 Å². The molecule has 23 heavy (non-hydrogen) atoms. The first-order valence-corrected chi connectivity index (χ1v) is 7.30. The number of hydrogen-bond donors (Lipinski definition) is 0. The predicted molar refractivity (Wildman–Crippen MR) is 89.4 cm³/mol. The van der Waals surface area contributed by atoms with E-state index in [0.717, 1.165) is 5.56 Å². The number of carbonyl (C=O) groups excluding carboxylic acids is 1. The minimum absolute atomic E-state index is 0.278. The first-order chi connectivity index (χ1) is 11.0. The van der Waals surface area contributed by atoms with Gasteiger partial charge in [-0.25, -0.2) is 4.79 Å². The van der Waals surface area contributed by atoms with Gasteiger partial charge in [0.1, 0.15) is 0 Å². The van der Waals surface area contributed by atoms with Crippen LogP contribution in [0, 0.1) is 0 Å². The second-order valence-corrected chi connectivity index (χ2v) is 4.78. The number of rotatable bonds is 9. The van der Waals surface area contributed by atoms with E-state index in [9.17, 15) is 4.79 Å². The average molecular weight is 320 g/mol. The molecule has 0 radical (unpaired) electrons. The van der Waals surface area contributed by atoms with E-state index < -0.39 is 5.97 Å². The minimum Gasteiger partial charge on any atom is -0.493 e. The first kappa shape index (κ1) is 18.6. The lowest BCUT2D eigenvalue weighted by molar-refractivity contribution is -0.138. The van der Waals surface area contributed by atoms with Gasteiger partial charge in [0, 0.05) is 11.5 Å². The van der Waals surface area contributed by atoms with E-state index in [1.54, 1.807) is 46.5 Å². The third-order valence-corrected chi connectivity index (χ3v) is 3.45. The van der Waals surface area contributed by atoms with Crippen LogP contribution in [0.2, 0.25) is 0 Å². The van der Waals surface area contributed by atoms with Crippen molar-refractivity contribution < 1.29 is 23.7 Å². The second-order valence-electron chi connectivity index (χ2n) is 4.78. The number of esters is 1. The van der Waals surface area contributed by atoms with Gasteiger partial charge in [0.05, 0.1) is 27.9 Å². The maximum Gasteiger partial charge on any atom is 0.334 e. The van der Waals surface area contributed by atoms with Crippen molar-refractivity contribution in [3.05, 3.63) is 42.5 Å². The number of hydrogen-bond acceptors (Lipinski definition) is 5. The van der Waals surface area contributed by atoms with Crippen molar-refractivity contribution in [1.82, 2.24) is 0 Å². The van der Waals surface area contributed by atoms with Crippen molar-refractivity contribution in [3.63, 3.8) is 0 Å². The number of benzene rings is 1. The third kappa shape index (κ3) is 4.28. The molecule has 0 aliphatic rings. The molecular weight excluding hydrogens is 296 g/mol. The Kier molecular flexibility index (Phi) is 7.19. The molecule has 1 aromatic rings. The first-order valence-electron chi connectivity index (χ1n) is 7.30. The minimum atomic E-state index is -0.423. The summed E-state index contributed by atoms with van der Waals surface area (Å²) in [6, 6.07) is 3.61. The summed E-state index contributed by atoms with van der Waals surface area (Å²) in [7, 11) is 4.63. The zero-order valence-electron chi connectivity index (χ0n) is 14.2. The van der Waals surface area contributed by atoms with Crippen molar-refractivity contribution in [3.8, 4) is 17.2 Å². The molecule has 0 aliphatic carbocycles. The molecule has 0 unspecified atom stereocenters. The number of ether oxygens (including phenoxy) is 4. The molecule has 0 amide bonds. The molecule has 0 bridgehead atoms. The standard InChI is InChI=1S/C18H24O5/c1-7-9-14(12(3)18(19)23-8-2)13-10-15(20-4)17(22-6)16(11-13)21-5/h7,10-11,14H,1,3,8-9H2,2,4-6H3/t14-/m0/s1. The molecule has 1 rings (SSSR count). The van der Waals surface area contributed by atoms with Gasteiger partial charge < -0.3 is 18.9 Å². The lowest BCUT2D eigenvalue weighted by Crippen LogP contribution is -2.14. The van der Waals surface area contributed by atoms with Crippen LogP contribution in [0.1, 0.15) is 24.8 Å². The summed E-state index contributed by atoms with van der Waals surface area (Å²) in [4.78, 5) is 12.0. The number of allylic oxidation sites excluding steroid dienone is 1. The summed E-state index contributed by atoms with van der Waals surface area (Å²) >= 11 is 0. The third-order valence-electron chi connectivity index (χ3n) is 3.45. The van der Waals surface area contributed by atoms with E-state index in [2.05, 4.69) is 13.2 Å². The Labute approximate surface area is 137 Å². The molecule has 0 saturated carbocycles. The van der Waals surface area contributed by atoms with Gasteiger partial charge >= 0.3 is 5.97 Å². The van der Waals surface area contributed by atoms with Gasteiger partial charge in [-0.3, -0.25) is 0 Å². The molecule has 5 heteroatoms. The molecule has 0 aliphatic heterocycles. The van der Waals surface area contributed by atoms with Crippen molar-refractivity contribution >= 4 is 5.97 Å². The zero-order chi connectivity index (χ0) is 17.4. The summed E-state index contributed by atoms with van der Waals surface area (Å²) in [6.07, 6.45) is 2.27. The quantitative estimate of drug-likeness (QED) is 0.396. The highest BCUT2D eigenvalue weighted by Crippen LogP contribution is 2.42. The monoisotopic (exact) mass is 320 g/mol. The fourth-order valence-corrected chi connectivity index (χ4v) is 2.31. The average Bonchev–Trinajstić information content (AvgIpc) is 2.57. The number of carbonyl (C=O) groups is 1. The van der Waals surface area contributed by atoms with Crippen LogP contribution in [0.5, 0.6) is 17.2 Å². The van der Waals surface area contributed by atoms with E-state index in [4.69, 9.17) is 18.9 Å². The van der Waals surface area contributed by atoms with Crippen LogP contribution in [-0.2, 0) is 9.53 Å². The fourth-order valence-electron chi connectivity index (χ4n) is 2.31. The molecular formula is C18H24O5. The summed E-state index contributed by atoms with van der Waals surface area (Å²) < 4.78 is 21.1. The lowest BCUT2D eigenvalue weighted by Gasteiger charge is -2.20. The Morgan fingerprint density at radius 1 is 1.17 bits per heavy atom. The SMILES string of the molecule is C=CC[C@@H](C(=C)C(=O)OCC)c1cc(OC)c(OC)c(OC)c1. The maximum absolute atomic E-state index is 12.0. The van der Waals surface area contributed by atoms with Gasteiger partial charge in [0.2, 0.25) is 5.75 Å². The topological polar surface area (TPSA) is 54.0 Å². The highest BCUT2D eigenvalue weighted by Gasteiger charge is 2.24. The van der Waals surface area contributed by atoms with E-state index in [1.807, 2.05) is 0 Å². The largest absolute Gasteiger partial charge is 0.493 e. The Bertz CT molecular complexity index is 552. The summed E-state index contributed by atoms with van der Waals surface area (Å²) in [5.41, 5.74) is 1.18. The molecule has 0 N–H and O–H groups in total. The molecule has 0 fully saturated rings. The second kappa shape index (κ2) is 8.88. The molecule has 126 valence electrons. The molecule has 0 aromatic heterocycles. The van der Waals surface area contributed by atoms with Gasteiger partial charge in [0.15, 0.2) is 11.5 Å². The molecule has 0 heterocycles. The van der Waals surface area contributed by atoms with Crippen LogP contribution in [-0.4, -0.2) is 33.9 Å². The molecule has 0 spiro atoms. The van der Waals surface area contributed by atoms with E-state index in [0.29, 0.717) is 35.8 Å². The fraction of sp³-hybridized carbons (Fsp3) is 0.389. The highest BCUT2D eigenvalue weighted by molar-refractivity contribution is 5.89. The van der Waals surface area contributed by atoms with Crippen molar-refractivity contribution in [2.24, 2.45) is 0 Å². The molecule has 0 saturated heterocycles. The van der Waals surface area contributed by atoms with E-state index in [1.165, 1.54) is 0 Å². The van der Waals surface area contributed by atoms with E-state index in [-0.39, 0.29) is 5.92 Å². The summed E-state index contributed by atoms with van der Waals surface area (Å²) in [5.74, 6) is 0.839. The van der Waals surface area contributed by atoms with Crippen LogP contribution in [0.4, 0.5) is 0 Å². The highest BCUT2D eigenvalue weighted by atomic mass is 16.5. The summed E-state index contributed by atoms with van der Waals surface area (Å²) in [6.45, 7) is 9.70. The molecule has 1 atom stereocenters. The smallest absolute Gasteiger partial charge is 0.334 e. The summed E-state index contributed by atoms with van der Waals surface area (Å²) in [5, 5.41) is 0. The Balaban J connectivity index is 3.34. The maximum atomic E-state index is 12.0. The van der Waals surface area contributed by atoms with Crippen LogP contribution in [0.25, 0.3) is 0 Å². The Hall–Kier alpha value is -2.43. The van der Waals surface area contributed by atoms with Crippen molar-refractivity contribution in [2.45, 2.75) is 19.3 Å². The van der Waals surface area contributed by atoms with Crippen LogP contribution < -0.4 is 14.2 Å². The zero-order valence-corrected chi connectivity index (χ0v) is 14.2. The van der Waals surface area contributed by atoms with Crippen molar-refractivity contribution in [1.29, 1.82) is 0 Å². The van der Waals surface area contributed by atoms with Gasteiger partial charge in [-0.1, -0.05) is 12.7 Å². The van der Waals surface area contributed by atoms with Crippen LogP contribution >= 0.6 is 0 Å². The van der Waals surface area contributed by atoms with Crippen LogP contribution in [0.3, 0.4) is 0 Å². The Morgan fingerprint density at radius 2 is 1.74 bits per heavy atom. The Morgan fingerprint density at radius 3 is 2.13 bits per heavy atom. The van der Waals surface area contributed by atoms with Crippen LogP contribution in [0.15, 0.2) is 36.9 Å².